The summed E-state index contributed by atoms with van der Waals surface area (Å²) in [6.45, 7) is 1.33. The van der Waals surface area contributed by atoms with Gasteiger partial charge in [0, 0.05) is 36.6 Å². The molecule has 1 N–H and O–H groups in total. The molecule has 1 saturated heterocycles. The third-order valence-electron chi connectivity index (χ3n) is 4.10. The highest BCUT2D eigenvalue weighted by Gasteiger charge is 2.27. The molecule has 6 nitrogen and oxygen atoms in total. The van der Waals surface area contributed by atoms with Gasteiger partial charge < -0.3 is 15.0 Å². The van der Waals surface area contributed by atoms with E-state index in [-0.39, 0.29) is 11.7 Å². The maximum absolute atomic E-state index is 12.6. The van der Waals surface area contributed by atoms with Crippen LogP contribution in [-0.2, 0) is 0 Å². The maximum atomic E-state index is 12.6. The highest BCUT2D eigenvalue weighted by molar-refractivity contribution is 9.10. The maximum Gasteiger partial charge on any atom is 0.487 e. The Kier molecular flexibility index (Phi) is 6.01. The van der Waals surface area contributed by atoms with Crippen LogP contribution >= 0.6 is 27.5 Å². The molecule has 0 bridgehead atoms. The van der Waals surface area contributed by atoms with E-state index < -0.39 is 11.5 Å². The van der Waals surface area contributed by atoms with E-state index in [0.29, 0.717) is 28.1 Å². The van der Waals surface area contributed by atoms with Gasteiger partial charge in [0.2, 0.25) is 0 Å². The van der Waals surface area contributed by atoms with E-state index >= 15 is 0 Å². The number of hydrogen-bond acceptors (Lipinski definition) is 5. The Balaban J connectivity index is 1.66. The Labute approximate surface area is 173 Å². The molecule has 28 heavy (non-hydrogen) atoms. The smallest absolute Gasteiger partial charge is 0.420 e. The third kappa shape index (κ3) is 5.09. The van der Waals surface area contributed by atoms with Gasteiger partial charge in [-0.3, -0.25) is 4.79 Å². The summed E-state index contributed by atoms with van der Waals surface area (Å²) in [6, 6.07) is 9.25. The Morgan fingerprint density at radius 3 is 2.71 bits per heavy atom. The number of halogens is 4. The number of nitrogens with zero attached hydrogens (tertiary/aromatic N) is 3. The molecule has 2 heterocycles. The normalized spacial score (nSPS) is 16.5. The quantitative estimate of drug-likeness (QED) is 0.644. The summed E-state index contributed by atoms with van der Waals surface area (Å²) in [6.07, 6.45) is 2.23. The highest BCUT2D eigenvalue weighted by atomic mass is 79.9. The van der Waals surface area contributed by atoms with E-state index in [9.17, 15) is 13.6 Å². The molecule has 0 radical (unpaired) electrons. The number of rotatable bonds is 5. The first kappa shape index (κ1) is 20.3. The van der Waals surface area contributed by atoms with E-state index in [0.717, 1.165) is 13.0 Å². The van der Waals surface area contributed by atoms with Crippen molar-refractivity contribution >= 4 is 44.9 Å². The number of nitriles is 1. The first-order valence-electron chi connectivity index (χ1n) is 8.22. The fourth-order valence-electron chi connectivity index (χ4n) is 2.79. The molecule has 3 rings (SSSR count). The summed E-state index contributed by atoms with van der Waals surface area (Å²) in [5, 5.41) is 11.7. The van der Waals surface area contributed by atoms with Gasteiger partial charge in [0.05, 0.1) is 22.0 Å². The van der Waals surface area contributed by atoms with E-state index in [1.807, 2.05) is 4.90 Å². The molecule has 1 amide bonds. The Morgan fingerprint density at radius 1 is 1.43 bits per heavy atom. The van der Waals surface area contributed by atoms with Crippen LogP contribution in [0.25, 0.3) is 0 Å². The third-order valence-corrected chi connectivity index (χ3v) is 4.76. The van der Waals surface area contributed by atoms with Crippen LogP contribution in [-0.4, -0.2) is 29.5 Å². The van der Waals surface area contributed by atoms with Crippen LogP contribution < -0.4 is 15.0 Å². The van der Waals surface area contributed by atoms with Crippen LogP contribution in [0.2, 0.25) is 0 Å². The molecule has 1 fully saturated rings. The fourth-order valence-corrected chi connectivity index (χ4v) is 3.48. The average molecular weight is 472 g/mol. The average Bonchev–Trinajstić information content (AvgIpc) is 3.11. The molecule has 0 unspecified atom stereocenters. The minimum Gasteiger partial charge on any atom is -0.420 e. The number of alkyl halides is 3. The Hall–Kier alpha value is -2.44. The first-order chi connectivity index (χ1) is 13.2. The predicted octanol–water partition coefficient (Wildman–Crippen LogP) is 4.61. The molecule has 1 aromatic heterocycles. The molecule has 0 aliphatic carbocycles. The number of anilines is 2. The van der Waals surface area contributed by atoms with Crippen LogP contribution in [0.4, 0.5) is 20.3 Å². The zero-order chi connectivity index (χ0) is 20.3. The van der Waals surface area contributed by atoms with Crippen molar-refractivity contribution in [1.29, 1.82) is 5.26 Å². The molecule has 146 valence electrons. The summed E-state index contributed by atoms with van der Waals surface area (Å²) in [7, 11) is 0. The second kappa shape index (κ2) is 8.29. The standard InChI is InChI=1S/C18H14BrClF2N4O2/c19-15-7-12(9-24-16(15)26-6-5-11(8-23)10-26)17(27)25-13-1-3-14(4-2-13)28-18(20,21)22/h1-4,7,9,11H,5-6,10H2,(H,25,27)/t11-/m1/s1. The minimum atomic E-state index is -3.80. The van der Waals surface area contributed by atoms with Crippen LogP contribution in [0.3, 0.4) is 0 Å². The zero-order valence-electron chi connectivity index (χ0n) is 14.3. The SMILES string of the molecule is N#C[C@H]1CCN(c2ncc(C(=O)Nc3ccc(OC(F)(F)Cl)cc3)cc2Br)C1. The van der Waals surface area contributed by atoms with Crippen molar-refractivity contribution in [2.75, 3.05) is 23.3 Å². The Bertz CT molecular complexity index is 915. The monoisotopic (exact) mass is 470 g/mol. The number of hydrogen-bond donors (Lipinski definition) is 1. The van der Waals surface area contributed by atoms with Gasteiger partial charge in [0.1, 0.15) is 11.6 Å². The lowest BCUT2D eigenvalue weighted by atomic mass is 10.1. The largest absolute Gasteiger partial charge is 0.487 e. The molecule has 0 saturated carbocycles. The predicted molar refractivity (Wildman–Crippen MR) is 104 cm³/mol. The van der Waals surface area contributed by atoms with E-state index in [4.69, 9.17) is 16.9 Å². The summed E-state index contributed by atoms with van der Waals surface area (Å²) in [4.78, 5) is 18.7. The molecule has 0 spiro atoms. The van der Waals surface area contributed by atoms with Crippen molar-refractivity contribution in [2.45, 2.75) is 12.0 Å². The topological polar surface area (TPSA) is 78.2 Å². The van der Waals surface area contributed by atoms with Gasteiger partial charge in [-0.05, 0) is 52.7 Å². The fraction of sp³-hybridized carbons (Fsp3) is 0.278. The number of aromatic nitrogens is 1. The summed E-state index contributed by atoms with van der Waals surface area (Å²) < 4.78 is 30.1. The summed E-state index contributed by atoms with van der Waals surface area (Å²) >= 11 is 8.13. The molecule has 1 aliphatic heterocycles. The van der Waals surface area contributed by atoms with Crippen molar-refractivity contribution in [2.24, 2.45) is 5.92 Å². The van der Waals surface area contributed by atoms with E-state index in [2.05, 4.69) is 37.0 Å². The number of benzene rings is 1. The van der Waals surface area contributed by atoms with Gasteiger partial charge in [-0.1, -0.05) is 0 Å². The van der Waals surface area contributed by atoms with Crippen molar-refractivity contribution in [1.82, 2.24) is 4.98 Å². The molecule has 1 aromatic carbocycles. The summed E-state index contributed by atoms with van der Waals surface area (Å²) in [5.41, 5.74) is -3.08. The lowest BCUT2D eigenvalue weighted by molar-refractivity contribution is -0.0964. The molecule has 1 atom stereocenters. The van der Waals surface area contributed by atoms with Gasteiger partial charge in [-0.15, -0.1) is 8.78 Å². The number of pyridine rings is 1. The van der Waals surface area contributed by atoms with Crippen molar-refractivity contribution < 1.29 is 18.3 Å². The second-order valence-electron chi connectivity index (χ2n) is 6.12. The van der Waals surface area contributed by atoms with Crippen molar-refractivity contribution in [3.63, 3.8) is 0 Å². The van der Waals surface area contributed by atoms with E-state index in [1.54, 1.807) is 6.07 Å². The molecular formula is C18H14BrClF2N4O2. The summed E-state index contributed by atoms with van der Waals surface area (Å²) in [5.74, 6) is 0.112. The Morgan fingerprint density at radius 2 is 2.14 bits per heavy atom. The number of nitrogens with one attached hydrogen (secondary N) is 1. The minimum absolute atomic E-state index is 0.0256. The van der Waals surface area contributed by atoms with Crippen LogP contribution in [0.5, 0.6) is 5.75 Å². The first-order valence-corrected chi connectivity index (χ1v) is 9.39. The van der Waals surface area contributed by atoms with Gasteiger partial charge in [-0.25, -0.2) is 4.98 Å². The number of carbonyl (C=O) groups is 1. The van der Waals surface area contributed by atoms with Gasteiger partial charge in [0.25, 0.3) is 5.91 Å². The van der Waals surface area contributed by atoms with Crippen molar-refractivity contribution in [3.05, 3.63) is 46.6 Å². The van der Waals surface area contributed by atoms with E-state index in [1.165, 1.54) is 30.5 Å². The van der Waals surface area contributed by atoms with Gasteiger partial charge in [-0.2, -0.15) is 5.26 Å². The van der Waals surface area contributed by atoms with Gasteiger partial charge in [0.15, 0.2) is 0 Å². The highest BCUT2D eigenvalue weighted by Crippen LogP contribution is 2.30. The van der Waals surface area contributed by atoms with Crippen molar-refractivity contribution in [3.8, 4) is 11.8 Å². The molecule has 10 heteroatoms. The van der Waals surface area contributed by atoms with Crippen LogP contribution in [0.1, 0.15) is 16.8 Å². The van der Waals surface area contributed by atoms with Crippen LogP contribution in [0, 0.1) is 17.2 Å². The van der Waals surface area contributed by atoms with Gasteiger partial charge >= 0.3 is 5.57 Å². The van der Waals surface area contributed by atoms with Crippen LogP contribution in [0.15, 0.2) is 41.0 Å². The number of amides is 1. The number of carbonyl (C=O) groups excluding carboxylic acids is 1. The molecule has 2 aromatic rings. The lowest BCUT2D eigenvalue weighted by Crippen LogP contribution is -2.21. The molecular weight excluding hydrogens is 458 g/mol. The molecule has 1 aliphatic rings. The number of ether oxygens (including phenoxy) is 1. The lowest BCUT2D eigenvalue weighted by Gasteiger charge is -2.18. The second-order valence-corrected chi connectivity index (χ2v) is 7.41. The zero-order valence-corrected chi connectivity index (χ0v) is 16.7.